The highest BCUT2D eigenvalue weighted by Gasteiger charge is 2.29. The third-order valence-electron chi connectivity index (χ3n) is 4.71. The van der Waals surface area contributed by atoms with Crippen molar-refractivity contribution in [2.75, 3.05) is 17.3 Å². The van der Waals surface area contributed by atoms with Crippen molar-refractivity contribution >= 4 is 29.0 Å². The number of fused-ring (bicyclic) bond motifs is 1. The van der Waals surface area contributed by atoms with Gasteiger partial charge < -0.3 is 15.0 Å². The second kappa shape index (κ2) is 7.84. The van der Waals surface area contributed by atoms with Gasteiger partial charge >= 0.3 is 0 Å². The van der Waals surface area contributed by atoms with Crippen molar-refractivity contribution in [1.82, 2.24) is 0 Å². The zero-order chi connectivity index (χ0) is 20.4. The summed E-state index contributed by atoms with van der Waals surface area (Å²) >= 11 is 0. The molecular formula is C22H24N2O4. The maximum Gasteiger partial charge on any atom is 0.267 e. The molecule has 6 nitrogen and oxygen atoms in total. The van der Waals surface area contributed by atoms with E-state index in [9.17, 15) is 14.4 Å². The molecule has 1 aliphatic rings. The highest BCUT2D eigenvalue weighted by atomic mass is 16.5. The van der Waals surface area contributed by atoms with E-state index in [4.69, 9.17) is 4.74 Å². The van der Waals surface area contributed by atoms with Crippen LogP contribution in [0.4, 0.5) is 11.4 Å². The Morgan fingerprint density at radius 3 is 2.43 bits per heavy atom. The molecule has 1 aliphatic heterocycles. The summed E-state index contributed by atoms with van der Waals surface area (Å²) in [4.78, 5) is 38.3. The maximum absolute atomic E-state index is 12.5. The van der Waals surface area contributed by atoms with Gasteiger partial charge in [-0.1, -0.05) is 6.07 Å². The zero-order valence-electron chi connectivity index (χ0n) is 16.5. The second-order valence-electron chi connectivity index (χ2n) is 7.19. The van der Waals surface area contributed by atoms with Crippen molar-refractivity contribution in [3.05, 3.63) is 53.1 Å². The summed E-state index contributed by atoms with van der Waals surface area (Å²) in [5, 5.41) is 2.83. The molecule has 146 valence electrons. The number of carbonyl (C=O) groups excluding carboxylic acids is 3. The van der Waals surface area contributed by atoms with E-state index in [1.807, 2.05) is 32.0 Å². The van der Waals surface area contributed by atoms with E-state index >= 15 is 0 Å². The number of hydrogen-bond donors (Lipinski definition) is 1. The Morgan fingerprint density at radius 2 is 1.75 bits per heavy atom. The summed E-state index contributed by atoms with van der Waals surface area (Å²) in [7, 11) is 1.66. The van der Waals surface area contributed by atoms with E-state index in [0.29, 0.717) is 17.0 Å². The fraction of sp³-hybridized carbons (Fsp3) is 0.318. The quantitative estimate of drug-likeness (QED) is 0.804. The van der Waals surface area contributed by atoms with E-state index in [1.54, 1.807) is 32.2 Å². The van der Waals surface area contributed by atoms with Gasteiger partial charge in [-0.2, -0.15) is 0 Å². The molecule has 3 rings (SSSR count). The monoisotopic (exact) mass is 380 g/mol. The number of nitrogens with one attached hydrogen (secondary N) is 1. The minimum absolute atomic E-state index is 0.0876. The number of hydrogen-bond acceptors (Lipinski definition) is 4. The van der Waals surface area contributed by atoms with E-state index in [-0.39, 0.29) is 30.4 Å². The van der Waals surface area contributed by atoms with Gasteiger partial charge in [0.25, 0.3) is 5.91 Å². The molecule has 0 saturated carbocycles. The van der Waals surface area contributed by atoms with Gasteiger partial charge in [-0.3, -0.25) is 14.4 Å². The van der Waals surface area contributed by atoms with Gasteiger partial charge in [0, 0.05) is 31.1 Å². The minimum atomic E-state index is -0.548. The molecule has 1 unspecified atom stereocenters. The van der Waals surface area contributed by atoms with Crippen LogP contribution in [0, 0.1) is 13.8 Å². The molecule has 0 fully saturated rings. The Morgan fingerprint density at radius 1 is 1.07 bits per heavy atom. The molecular weight excluding hydrogens is 356 g/mol. The van der Waals surface area contributed by atoms with Crippen molar-refractivity contribution in [2.45, 2.75) is 39.7 Å². The van der Waals surface area contributed by atoms with E-state index in [2.05, 4.69) is 5.32 Å². The molecule has 2 aromatic rings. The number of Topliss-reactive ketones (excluding diaryl/α,β-unsaturated/α-hetero) is 1. The molecule has 0 saturated heterocycles. The number of carbonyl (C=O) groups is 3. The van der Waals surface area contributed by atoms with Crippen LogP contribution in [-0.2, 0) is 9.59 Å². The lowest BCUT2D eigenvalue weighted by molar-refractivity contribution is -0.125. The largest absolute Gasteiger partial charge is 0.479 e. The zero-order valence-corrected chi connectivity index (χ0v) is 16.5. The van der Waals surface area contributed by atoms with Gasteiger partial charge in [0.1, 0.15) is 5.75 Å². The van der Waals surface area contributed by atoms with E-state index in [1.165, 1.54) is 4.90 Å². The Kier molecular flexibility index (Phi) is 5.49. The fourth-order valence-electron chi connectivity index (χ4n) is 3.33. The highest BCUT2D eigenvalue weighted by molar-refractivity contribution is 6.04. The van der Waals surface area contributed by atoms with Gasteiger partial charge in [-0.15, -0.1) is 0 Å². The highest BCUT2D eigenvalue weighted by Crippen LogP contribution is 2.34. The number of rotatable bonds is 5. The number of likely N-dealkylation sites (N-methyl/N-ethyl adjacent to an activating group) is 1. The number of nitrogens with zero attached hydrogens (tertiary/aromatic N) is 1. The third kappa shape index (κ3) is 4.22. The van der Waals surface area contributed by atoms with Crippen molar-refractivity contribution < 1.29 is 19.1 Å². The molecule has 6 heteroatoms. The van der Waals surface area contributed by atoms with Gasteiger partial charge in [0.05, 0.1) is 5.69 Å². The normalized spacial score (nSPS) is 15.6. The topological polar surface area (TPSA) is 75.7 Å². The molecule has 2 aromatic carbocycles. The molecule has 0 spiro atoms. The van der Waals surface area contributed by atoms with Crippen LogP contribution >= 0.6 is 0 Å². The van der Waals surface area contributed by atoms with Crippen LogP contribution in [0.2, 0.25) is 0 Å². The van der Waals surface area contributed by atoms with Gasteiger partial charge in [0.2, 0.25) is 5.91 Å². The lowest BCUT2D eigenvalue weighted by Gasteiger charge is -2.30. The third-order valence-corrected chi connectivity index (χ3v) is 4.71. The number of aryl methyl sites for hydroxylation is 2. The first-order chi connectivity index (χ1) is 13.2. The van der Waals surface area contributed by atoms with E-state index < -0.39 is 6.10 Å². The SMILES string of the molecule is Cc1cc(C)cc(NC(=O)CCC(=O)c2ccc3c(c2)N(C)C(=O)C(C)O3)c1. The molecule has 2 amide bonds. The Balaban J connectivity index is 1.64. The molecule has 28 heavy (non-hydrogen) atoms. The van der Waals surface area contributed by atoms with Crippen LogP contribution in [-0.4, -0.2) is 30.7 Å². The van der Waals surface area contributed by atoms with Crippen LogP contribution in [0.5, 0.6) is 5.75 Å². The minimum Gasteiger partial charge on any atom is -0.479 e. The van der Waals surface area contributed by atoms with Crippen molar-refractivity contribution in [2.24, 2.45) is 0 Å². The summed E-state index contributed by atoms with van der Waals surface area (Å²) in [6.45, 7) is 5.62. The number of ether oxygens (including phenoxy) is 1. The molecule has 0 aromatic heterocycles. The average molecular weight is 380 g/mol. The summed E-state index contributed by atoms with van der Waals surface area (Å²) < 4.78 is 5.57. The van der Waals surface area contributed by atoms with Crippen LogP contribution in [0.25, 0.3) is 0 Å². The number of amides is 2. The summed E-state index contributed by atoms with van der Waals surface area (Å²) in [6, 6.07) is 10.8. The number of anilines is 2. The summed E-state index contributed by atoms with van der Waals surface area (Å²) in [5.74, 6) is 0.0437. The molecule has 1 atom stereocenters. The molecule has 0 radical (unpaired) electrons. The molecule has 0 aliphatic carbocycles. The van der Waals surface area contributed by atoms with Crippen molar-refractivity contribution in [3.63, 3.8) is 0 Å². The van der Waals surface area contributed by atoms with Gasteiger partial charge in [0.15, 0.2) is 11.9 Å². The van der Waals surface area contributed by atoms with Crippen molar-refractivity contribution in [1.29, 1.82) is 0 Å². The van der Waals surface area contributed by atoms with Gasteiger partial charge in [-0.25, -0.2) is 0 Å². The Labute approximate surface area is 164 Å². The van der Waals surface area contributed by atoms with Crippen LogP contribution < -0.4 is 15.0 Å². The van der Waals surface area contributed by atoms with Crippen LogP contribution in [0.15, 0.2) is 36.4 Å². The Bertz CT molecular complexity index is 931. The predicted octanol–water partition coefficient (Wildman–Crippen LogP) is 3.65. The molecule has 1 heterocycles. The van der Waals surface area contributed by atoms with Crippen LogP contribution in [0.3, 0.4) is 0 Å². The Hall–Kier alpha value is -3.15. The standard InChI is InChI=1S/C22H24N2O4/c1-13-9-14(2)11-17(10-13)23-21(26)8-6-19(25)16-5-7-20-18(12-16)24(4)22(27)15(3)28-20/h5,7,9-12,15H,6,8H2,1-4H3,(H,23,26). The lowest BCUT2D eigenvalue weighted by atomic mass is 10.0. The fourth-order valence-corrected chi connectivity index (χ4v) is 3.33. The maximum atomic E-state index is 12.5. The summed E-state index contributed by atoms with van der Waals surface area (Å²) in [5.41, 5.74) is 3.88. The van der Waals surface area contributed by atoms with Crippen molar-refractivity contribution in [3.8, 4) is 5.75 Å². The van der Waals surface area contributed by atoms with Gasteiger partial charge in [-0.05, 0) is 62.2 Å². The second-order valence-corrected chi connectivity index (χ2v) is 7.19. The number of benzene rings is 2. The lowest BCUT2D eigenvalue weighted by Crippen LogP contribution is -2.42. The van der Waals surface area contributed by atoms with E-state index in [0.717, 1.165) is 16.8 Å². The summed E-state index contributed by atoms with van der Waals surface area (Å²) in [6.07, 6.45) is -0.372. The average Bonchev–Trinajstić information content (AvgIpc) is 2.63. The molecule has 1 N–H and O–H groups in total. The first kappa shape index (κ1) is 19.6. The first-order valence-electron chi connectivity index (χ1n) is 9.24. The smallest absolute Gasteiger partial charge is 0.267 e. The predicted molar refractivity (Wildman–Crippen MR) is 108 cm³/mol. The number of ketones is 1. The van der Waals surface area contributed by atoms with Crippen LogP contribution in [0.1, 0.15) is 41.3 Å². The first-order valence-corrected chi connectivity index (χ1v) is 9.24. The molecule has 0 bridgehead atoms.